The van der Waals surface area contributed by atoms with E-state index in [-0.39, 0.29) is 5.92 Å². The van der Waals surface area contributed by atoms with Gasteiger partial charge in [0.05, 0.1) is 13.0 Å². The zero-order valence-corrected chi connectivity index (χ0v) is 11.4. The third-order valence-electron chi connectivity index (χ3n) is 3.90. The van der Waals surface area contributed by atoms with Crippen molar-refractivity contribution in [2.45, 2.75) is 13.0 Å². The number of H-pyrrole nitrogens is 1. The topological polar surface area (TPSA) is 65.6 Å². The van der Waals surface area contributed by atoms with Crippen LogP contribution in [0, 0.1) is 5.92 Å². The monoisotopic (exact) mass is 274 g/mol. The fraction of sp³-hybridized carbons (Fsp3) is 0.400. The first-order valence-corrected chi connectivity index (χ1v) is 6.76. The van der Waals surface area contributed by atoms with Gasteiger partial charge in [-0.05, 0) is 37.2 Å². The third-order valence-corrected chi connectivity index (χ3v) is 3.90. The molecule has 0 saturated carbocycles. The van der Waals surface area contributed by atoms with Crippen molar-refractivity contribution in [3.8, 4) is 5.75 Å². The average molecular weight is 274 g/mol. The highest BCUT2D eigenvalue weighted by molar-refractivity contribution is 5.81. The van der Waals surface area contributed by atoms with Crippen molar-refractivity contribution in [2.75, 3.05) is 20.2 Å². The van der Waals surface area contributed by atoms with Crippen LogP contribution in [0.3, 0.4) is 0 Å². The van der Waals surface area contributed by atoms with Gasteiger partial charge in [-0.25, -0.2) is 0 Å². The summed E-state index contributed by atoms with van der Waals surface area (Å²) in [7, 11) is 1.66. The molecule has 20 heavy (non-hydrogen) atoms. The Kier molecular flexibility index (Phi) is 3.36. The van der Waals surface area contributed by atoms with Crippen LogP contribution in [0.2, 0.25) is 0 Å². The van der Waals surface area contributed by atoms with Crippen LogP contribution in [0.15, 0.2) is 24.3 Å². The Bertz CT molecular complexity index is 635. The number of aromatic nitrogens is 1. The minimum Gasteiger partial charge on any atom is -0.497 e. The fourth-order valence-electron chi connectivity index (χ4n) is 2.80. The van der Waals surface area contributed by atoms with Gasteiger partial charge in [0.25, 0.3) is 0 Å². The number of fused-ring (bicyclic) bond motifs is 1. The predicted octanol–water partition coefficient (Wildman–Crippen LogP) is 2.08. The van der Waals surface area contributed by atoms with Gasteiger partial charge in [0.15, 0.2) is 0 Å². The van der Waals surface area contributed by atoms with Gasteiger partial charge in [0.1, 0.15) is 5.75 Å². The number of hydrogen-bond acceptors (Lipinski definition) is 3. The van der Waals surface area contributed by atoms with Crippen molar-refractivity contribution >= 4 is 16.9 Å². The van der Waals surface area contributed by atoms with E-state index in [0.717, 1.165) is 41.9 Å². The second kappa shape index (κ2) is 5.17. The Morgan fingerprint density at radius 1 is 1.50 bits per heavy atom. The minimum atomic E-state index is -0.686. The number of benzene rings is 1. The predicted molar refractivity (Wildman–Crippen MR) is 75.9 cm³/mol. The Hall–Kier alpha value is -2.01. The van der Waals surface area contributed by atoms with Crippen molar-refractivity contribution in [1.82, 2.24) is 9.88 Å². The summed E-state index contributed by atoms with van der Waals surface area (Å²) in [5.41, 5.74) is 2.19. The number of carboxylic acid groups (broad SMARTS) is 1. The Morgan fingerprint density at radius 3 is 3.05 bits per heavy atom. The molecule has 1 unspecified atom stereocenters. The molecule has 5 nitrogen and oxygen atoms in total. The van der Waals surface area contributed by atoms with Gasteiger partial charge in [-0.1, -0.05) is 0 Å². The summed E-state index contributed by atoms with van der Waals surface area (Å²) in [6.45, 7) is 2.24. The first-order valence-electron chi connectivity index (χ1n) is 6.76. The van der Waals surface area contributed by atoms with Gasteiger partial charge in [-0.15, -0.1) is 0 Å². The Morgan fingerprint density at radius 2 is 2.35 bits per heavy atom. The van der Waals surface area contributed by atoms with Gasteiger partial charge < -0.3 is 14.8 Å². The van der Waals surface area contributed by atoms with Gasteiger partial charge in [0, 0.05) is 29.7 Å². The molecule has 1 saturated heterocycles. The molecule has 0 spiro atoms. The highest BCUT2D eigenvalue weighted by Gasteiger charge is 2.27. The first kappa shape index (κ1) is 13.0. The molecule has 1 aromatic heterocycles. The number of carboxylic acids is 1. The molecule has 106 valence electrons. The smallest absolute Gasteiger partial charge is 0.307 e. The number of aromatic amines is 1. The molecule has 2 aromatic rings. The molecular formula is C15H18N2O3. The fourth-order valence-corrected chi connectivity index (χ4v) is 2.80. The van der Waals surface area contributed by atoms with Crippen LogP contribution in [0.4, 0.5) is 0 Å². The number of likely N-dealkylation sites (tertiary alicyclic amines) is 1. The molecule has 2 heterocycles. The average Bonchev–Trinajstić information content (AvgIpc) is 3.04. The van der Waals surface area contributed by atoms with E-state index in [1.165, 1.54) is 0 Å². The maximum Gasteiger partial charge on any atom is 0.307 e. The number of rotatable bonds is 4. The number of nitrogens with zero attached hydrogens (tertiary/aromatic N) is 1. The molecule has 1 aromatic carbocycles. The lowest BCUT2D eigenvalue weighted by atomic mass is 10.1. The largest absolute Gasteiger partial charge is 0.497 e. The van der Waals surface area contributed by atoms with Gasteiger partial charge in [-0.2, -0.15) is 0 Å². The molecule has 2 N–H and O–H groups in total. The van der Waals surface area contributed by atoms with Crippen LogP contribution in [-0.4, -0.2) is 41.2 Å². The Balaban J connectivity index is 1.73. The molecule has 0 radical (unpaired) electrons. The molecule has 1 aliphatic rings. The quantitative estimate of drug-likeness (QED) is 0.896. The zero-order valence-electron chi connectivity index (χ0n) is 11.4. The number of nitrogens with one attached hydrogen (secondary N) is 1. The van der Waals surface area contributed by atoms with Crippen molar-refractivity contribution in [3.05, 3.63) is 30.0 Å². The second-order valence-corrected chi connectivity index (χ2v) is 5.31. The normalized spacial score (nSPS) is 19.6. The van der Waals surface area contributed by atoms with Crippen LogP contribution in [0.5, 0.6) is 5.75 Å². The molecule has 1 atom stereocenters. The first-order chi connectivity index (χ1) is 9.65. The van der Waals surface area contributed by atoms with Crippen molar-refractivity contribution in [2.24, 2.45) is 5.92 Å². The van der Waals surface area contributed by atoms with E-state index in [9.17, 15) is 4.79 Å². The highest BCUT2D eigenvalue weighted by Crippen LogP contribution is 2.24. The lowest BCUT2D eigenvalue weighted by molar-refractivity contribution is -0.141. The van der Waals surface area contributed by atoms with E-state index in [1.54, 1.807) is 7.11 Å². The van der Waals surface area contributed by atoms with Crippen molar-refractivity contribution in [3.63, 3.8) is 0 Å². The minimum absolute atomic E-state index is 0.223. The molecule has 3 rings (SSSR count). The number of carbonyl (C=O) groups is 1. The molecule has 5 heteroatoms. The second-order valence-electron chi connectivity index (χ2n) is 5.31. The van der Waals surface area contributed by atoms with Crippen molar-refractivity contribution in [1.29, 1.82) is 0 Å². The number of aliphatic carboxylic acids is 1. The van der Waals surface area contributed by atoms with E-state index in [1.807, 2.05) is 18.2 Å². The molecule has 0 aliphatic carbocycles. The summed E-state index contributed by atoms with van der Waals surface area (Å²) in [6, 6.07) is 8.03. The van der Waals surface area contributed by atoms with Gasteiger partial charge in [0.2, 0.25) is 0 Å². The molecule has 1 aliphatic heterocycles. The SMILES string of the molecule is COc1ccc2[nH]c(CN3CCC(C(=O)O)C3)cc2c1. The summed E-state index contributed by atoms with van der Waals surface area (Å²) in [5.74, 6) is -0.0662. The summed E-state index contributed by atoms with van der Waals surface area (Å²) < 4.78 is 5.22. The standard InChI is InChI=1S/C15H18N2O3/c1-20-13-2-3-14-11(7-13)6-12(16-14)9-17-5-4-10(8-17)15(18)19/h2-3,6-7,10,16H,4-5,8-9H2,1H3,(H,18,19). The van der Waals surface area contributed by atoms with Crippen LogP contribution in [0.1, 0.15) is 12.1 Å². The summed E-state index contributed by atoms with van der Waals surface area (Å²) in [5, 5.41) is 10.1. The maximum atomic E-state index is 11.0. The third kappa shape index (κ3) is 2.49. The van der Waals surface area contributed by atoms with E-state index in [2.05, 4.69) is 16.0 Å². The van der Waals surface area contributed by atoms with E-state index in [4.69, 9.17) is 9.84 Å². The number of ether oxygens (including phenoxy) is 1. The van der Waals surface area contributed by atoms with E-state index < -0.39 is 5.97 Å². The van der Waals surface area contributed by atoms with Crippen molar-refractivity contribution < 1.29 is 14.6 Å². The van der Waals surface area contributed by atoms with E-state index >= 15 is 0 Å². The van der Waals surface area contributed by atoms with Crippen LogP contribution >= 0.6 is 0 Å². The summed E-state index contributed by atoms with van der Waals surface area (Å²) in [6.07, 6.45) is 0.739. The van der Waals surface area contributed by atoms with E-state index in [0.29, 0.717) is 6.54 Å². The van der Waals surface area contributed by atoms with Gasteiger partial charge in [-0.3, -0.25) is 9.69 Å². The summed E-state index contributed by atoms with van der Waals surface area (Å²) >= 11 is 0. The molecular weight excluding hydrogens is 256 g/mol. The highest BCUT2D eigenvalue weighted by atomic mass is 16.5. The summed E-state index contributed by atoms with van der Waals surface area (Å²) in [4.78, 5) is 16.5. The van der Waals surface area contributed by atoms with Crippen LogP contribution < -0.4 is 4.74 Å². The Labute approximate surface area is 117 Å². The number of hydrogen-bond donors (Lipinski definition) is 2. The molecule has 0 amide bonds. The molecule has 0 bridgehead atoms. The maximum absolute atomic E-state index is 11.0. The van der Waals surface area contributed by atoms with Crippen LogP contribution in [0.25, 0.3) is 10.9 Å². The lowest BCUT2D eigenvalue weighted by Crippen LogP contribution is -2.22. The number of methoxy groups -OCH3 is 1. The molecule has 1 fully saturated rings. The lowest BCUT2D eigenvalue weighted by Gasteiger charge is -2.13. The zero-order chi connectivity index (χ0) is 14.1. The van der Waals surface area contributed by atoms with Crippen LogP contribution in [-0.2, 0) is 11.3 Å². The van der Waals surface area contributed by atoms with Gasteiger partial charge >= 0.3 is 5.97 Å².